The van der Waals surface area contributed by atoms with Crippen molar-refractivity contribution in [3.05, 3.63) is 89.5 Å². The number of unbranched alkanes of at least 4 members (excludes halogenated alkanes) is 1. The van der Waals surface area contributed by atoms with E-state index in [2.05, 4.69) is 12.2 Å². The van der Waals surface area contributed by atoms with Gasteiger partial charge in [-0.25, -0.2) is 8.42 Å². The van der Waals surface area contributed by atoms with Gasteiger partial charge in [-0.3, -0.25) is 13.9 Å². The molecule has 0 saturated heterocycles. The number of fused-ring (bicyclic) bond motifs is 1. The van der Waals surface area contributed by atoms with Gasteiger partial charge in [0.05, 0.1) is 11.9 Å². The Morgan fingerprint density at radius 1 is 0.909 bits per heavy atom. The van der Waals surface area contributed by atoms with Crippen molar-refractivity contribution < 1.29 is 27.5 Å². The van der Waals surface area contributed by atoms with Crippen molar-refractivity contribution in [2.45, 2.75) is 58.5 Å². The van der Waals surface area contributed by atoms with E-state index >= 15 is 0 Å². The third kappa shape index (κ3) is 9.22. The van der Waals surface area contributed by atoms with E-state index in [1.54, 1.807) is 23.1 Å². The summed E-state index contributed by atoms with van der Waals surface area (Å²) in [7, 11) is -3.65. The number of nitrogens with one attached hydrogen (secondary N) is 1. The first-order valence-corrected chi connectivity index (χ1v) is 17.0. The molecule has 3 aromatic rings. The molecule has 1 heterocycles. The highest BCUT2D eigenvalue weighted by atomic mass is 32.2. The van der Waals surface area contributed by atoms with Crippen LogP contribution in [0.3, 0.4) is 0 Å². The van der Waals surface area contributed by atoms with Crippen molar-refractivity contribution in [3.8, 4) is 11.5 Å². The summed E-state index contributed by atoms with van der Waals surface area (Å²) in [5, 5.41) is 3.03. The molecular formula is C34H43N3O6S. The van der Waals surface area contributed by atoms with Crippen molar-refractivity contribution in [2.75, 3.05) is 36.9 Å². The quantitative estimate of drug-likeness (QED) is 0.243. The van der Waals surface area contributed by atoms with Crippen LogP contribution in [0, 0.1) is 6.92 Å². The SMILES string of the molecule is CCCCNC(=O)[C@@H](Cc1ccccc1)N(Cc1cccc(C)c1)C(=O)CCCN(c1ccc2c(c1)OCCO2)S(C)(=O)=O. The molecule has 0 aromatic heterocycles. The molecular weight excluding hydrogens is 578 g/mol. The maximum atomic E-state index is 14.0. The third-order valence-electron chi connectivity index (χ3n) is 7.50. The number of amides is 2. The van der Waals surface area contributed by atoms with E-state index in [1.165, 1.54) is 4.31 Å². The standard InChI is InChI=1S/C34H43N3O6S/c1-4-5-18-35-34(39)30(23-27-12-7-6-8-13-27)36(25-28-14-9-11-26(2)22-28)33(38)15-10-19-37(44(3,40)41)29-16-17-31-32(24-29)43-21-20-42-31/h6-9,11-14,16-17,22,24,30H,4-5,10,15,18-21,23,25H2,1-3H3,(H,35,39)/t30-/m1/s1. The number of sulfonamides is 1. The number of carbonyl (C=O) groups is 2. The first-order valence-electron chi connectivity index (χ1n) is 15.2. The Kier molecular flexibility index (Phi) is 11.7. The first kappa shape index (κ1) is 32.9. The molecule has 0 aliphatic carbocycles. The minimum atomic E-state index is -3.65. The molecule has 0 spiro atoms. The lowest BCUT2D eigenvalue weighted by Crippen LogP contribution is -2.50. The molecule has 0 unspecified atom stereocenters. The first-order chi connectivity index (χ1) is 21.2. The predicted octanol–water partition coefficient (Wildman–Crippen LogP) is 4.87. The lowest BCUT2D eigenvalue weighted by molar-refractivity contribution is -0.141. The summed E-state index contributed by atoms with van der Waals surface area (Å²) in [6, 6.07) is 21.9. The molecule has 0 saturated carbocycles. The number of rotatable bonds is 15. The van der Waals surface area contributed by atoms with Crippen LogP contribution in [0.5, 0.6) is 11.5 Å². The zero-order valence-corrected chi connectivity index (χ0v) is 26.6. The summed E-state index contributed by atoms with van der Waals surface area (Å²) in [4.78, 5) is 29.3. The van der Waals surface area contributed by atoms with Gasteiger partial charge in [-0.15, -0.1) is 0 Å². The molecule has 0 fully saturated rings. The van der Waals surface area contributed by atoms with Crippen LogP contribution in [0.25, 0.3) is 0 Å². The number of hydrogen-bond acceptors (Lipinski definition) is 6. The van der Waals surface area contributed by atoms with Gasteiger partial charge in [0.15, 0.2) is 11.5 Å². The van der Waals surface area contributed by atoms with Gasteiger partial charge in [-0.2, -0.15) is 0 Å². The summed E-state index contributed by atoms with van der Waals surface area (Å²) < 4.78 is 38.1. The molecule has 9 nitrogen and oxygen atoms in total. The summed E-state index contributed by atoms with van der Waals surface area (Å²) in [6.45, 7) is 5.76. The van der Waals surface area contributed by atoms with Crippen LogP contribution >= 0.6 is 0 Å². The van der Waals surface area contributed by atoms with Gasteiger partial charge < -0.3 is 19.7 Å². The van der Waals surface area contributed by atoms with Gasteiger partial charge in [0.25, 0.3) is 0 Å². The highest BCUT2D eigenvalue weighted by Gasteiger charge is 2.30. The number of ether oxygens (including phenoxy) is 2. The fourth-order valence-electron chi connectivity index (χ4n) is 5.26. The molecule has 1 aliphatic heterocycles. The minimum absolute atomic E-state index is 0.0654. The van der Waals surface area contributed by atoms with E-state index in [9.17, 15) is 18.0 Å². The van der Waals surface area contributed by atoms with E-state index in [-0.39, 0.29) is 37.7 Å². The second-order valence-corrected chi connectivity index (χ2v) is 13.0. The van der Waals surface area contributed by atoms with Gasteiger partial charge in [-0.05, 0) is 43.0 Å². The Hall–Kier alpha value is -4.05. The summed E-state index contributed by atoms with van der Waals surface area (Å²) in [5.41, 5.74) is 3.38. The second-order valence-electron chi connectivity index (χ2n) is 11.1. The molecule has 0 bridgehead atoms. The molecule has 3 aromatic carbocycles. The third-order valence-corrected chi connectivity index (χ3v) is 8.70. The zero-order chi connectivity index (χ0) is 31.5. The van der Waals surface area contributed by atoms with E-state index in [4.69, 9.17) is 9.47 Å². The molecule has 0 radical (unpaired) electrons. The molecule has 2 amide bonds. The molecule has 10 heteroatoms. The van der Waals surface area contributed by atoms with Gasteiger partial charge >= 0.3 is 0 Å². The van der Waals surface area contributed by atoms with Crippen molar-refractivity contribution in [3.63, 3.8) is 0 Å². The maximum Gasteiger partial charge on any atom is 0.243 e. The smallest absolute Gasteiger partial charge is 0.243 e. The second kappa shape index (κ2) is 15.6. The fourth-order valence-corrected chi connectivity index (χ4v) is 6.22. The number of carbonyl (C=O) groups excluding carboxylic acids is 2. The summed E-state index contributed by atoms with van der Waals surface area (Å²) in [6.07, 6.45) is 3.62. The minimum Gasteiger partial charge on any atom is -0.486 e. The Balaban J connectivity index is 1.56. The van der Waals surface area contributed by atoms with E-state index in [0.717, 1.165) is 35.8 Å². The molecule has 236 valence electrons. The van der Waals surface area contributed by atoms with Crippen LogP contribution < -0.4 is 19.1 Å². The Bertz CT molecular complexity index is 1510. The van der Waals surface area contributed by atoms with Crippen molar-refractivity contribution in [1.82, 2.24) is 10.2 Å². The number of hydrogen-bond donors (Lipinski definition) is 1. The summed E-state index contributed by atoms with van der Waals surface area (Å²) in [5.74, 6) is 0.642. The fraction of sp³-hybridized carbons (Fsp3) is 0.412. The molecule has 44 heavy (non-hydrogen) atoms. The van der Waals surface area contributed by atoms with Crippen molar-refractivity contribution in [2.24, 2.45) is 0 Å². The lowest BCUT2D eigenvalue weighted by Gasteiger charge is -2.32. The van der Waals surface area contributed by atoms with Crippen molar-refractivity contribution in [1.29, 1.82) is 0 Å². The molecule has 1 N–H and O–H groups in total. The zero-order valence-electron chi connectivity index (χ0n) is 25.8. The van der Waals surface area contributed by atoms with Crippen LogP contribution in [0.1, 0.15) is 49.3 Å². The Labute approximate surface area is 261 Å². The predicted molar refractivity (Wildman–Crippen MR) is 172 cm³/mol. The van der Waals surface area contributed by atoms with E-state index in [0.29, 0.717) is 43.4 Å². The van der Waals surface area contributed by atoms with Gasteiger partial charge in [0.2, 0.25) is 21.8 Å². The summed E-state index contributed by atoms with van der Waals surface area (Å²) >= 11 is 0. The molecule has 4 rings (SSSR count). The maximum absolute atomic E-state index is 14.0. The number of nitrogens with zero attached hydrogens (tertiary/aromatic N) is 2. The van der Waals surface area contributed by atoms with Crippen LogP contribution in [0.2, 0.25) is 0 Å². The normalized spacial score (nSPS) is 13.2. The van der Waals surface area contributed by atoms with Crippen LogP contribution in [-0.2, 0) is 32.6 Å². The average Bonchev–Trinajstić information content (AvgIpc) is 3.00. The van der Waals surface area contributed by atoms with E-state index in [1.807, 2.05) is 61.5 Å². The Morgan fingerprint density at radius 3 is 2.34 bits per heavy atom. The van der Waals surface area contributed by atoms with Crippen molar-refractivity contribution >= 4 is 27.5 Å². The van der Waals surface area contributed by atoms with Crippen LogP contribution in [-0.4, -0.2) is 63.7 Å². The van der Waals surface area contributed by atoms with E-state index < -0.39 is 16.1 Å². The van der Waals surface area contributed by atoms with Gasteiger partial charge in [-0.1, -0.05) is 73.5 Å². The monoisotopic (exact) mass is 621 g/mol. The largest absolute Gasteiger partial charge is 0.486 e. The highest BCUT2D eigenvalue weighted by Crippen LogP contribution is 2.34. The van der Waals surface area contributed by atoms with Crippen LogP contribution in [0.4, 0.5) is 5.69 Å². The Morgan fingerprint density at radius 2 is 1.64 bits per heavy atom. The number of aryl methyl sites for hydroxylation is 1. The highest BCUT2D eigenvalue weighted by molar-refractivity contribution is 7.92. The molecule has 1 aliphatic rings. The number of anilines is 1. The molecule has 1 atom stereocenters. The topological polar surface area (TPSA) is 105 Å². The average molecular weight is 622 g/mol. The van der Waals surface area contributed by atoms with Gasteiger partial charge in [0.1, 0.15) is 19.3 Å². The van der Waals surface area contributed by atoms with Crippen LogP contribution in [0.15, 0.2) is 72.8 Å². The number of benzene rings is 3. The van der Waals surface area contributed by atoms with Gasteiger partial charge in [0, 0.05) is 38.5 Å². The lowest BCUT2D eigenvalue weighted by atomic mass is 10.0.